The second-order valence-corrected chi connectivity index (χ2v) is 5.24. The maximum Gasteiger partial charge on any atom is 0.170 e. The number of Topliss-reactive ketones (excluding diaryl/α,β-unsaturated/α-hetero) is 1. The SMILES string of the molecule is CC(C)n1ncnc1CC(=O)c1ccc2c(c1)CCO2. The first kappa shape index (κ1) is 12.8. The predicted molar refractivity (Wildman–Crippen MR) is 74.1 cm³/mol. The van der Waals surface area contributed by atoms with Crippen LogP contribution in [-0.4, -0.2) is 27.2 Å². The quantitative estimate of drug-likeness (QED) is 0.800. The Labute approximate surface area is 117 Å². The highest BCUT2D eigenvalue weighted by Gasteiger charge is 2.17. The Morgan fingerprint density at radius 2 is 2.30 bits per heavy atom. The summed E-state index contributed by atoms with van der Waals surface area (Å²) in [4.78, 5) is 16.5. The largest absolute Gasteiger partial charge is 0.493 e. The van der Waals surface area contributed by atoms with Gasteiger partial charge in [-0.3, -0.25) is 4.79 Å². The minimum atomic E-state index is 0.0644. The van der Waals surface area contributed by atoms with Crippen molar-refractivity contribution in [2.75, 3.05) is 6.61 Å². The van der Waals surface area contributed by atoms with Crippen LogP contribution in [0, 0.1) is 0 Å². The highest BCUT2D eigenvalue weighted by atomic mass is 16.5. The van der Waals surface area contributed by atoms with Crippen LogP contribution >= 0.6 is 0 Å². The summed E-state index contributed by atoms with van der Waals surface area (Å²) in [5.41, 5.74) is 1.83. The lowest BCUT2D eigenvalue weighted by molar-refractivity contribution is 0.0989. The Balaban J connectivity index is 1.81. The number of benzene rings is 1. The molecule has 104 valence electrons. The van der Waals surface area contributed by atoms with Crippen LogP contribution in [0.2, 0.25) is 0 Å². The van der Waals surface area contributed by atoms with Crippen molar-refractivity contribution in [3.05, 3.63) is 41.5 Å². The third-order valence-electron chi connectivity index (χ3n) is 3.47. The highest BCUT2D eigenvalue weighted by molar-refractivity contribution is 5.97. The van der Waals surface area contributed by atoms with E-state index in [9.17, 15) is 4.79 Å². The monoisotopic (exact) mass is 271 g/mol. The minimum Gasteiger partial charge on any atom is -0.493 e. The highest BCUT2D eigenvalue weighted by Crippen LogP contribution is 2.26. The summed E-state index contributed by atoms with van der Waals surface area (Å²) in [5, 5.41) is 4.15. The van der Waals surface area contributed by atoms with E-state index in [4.69, 9.17) is 4.74 Å². The molecule has 2 aromatic rings. The molecule has 0 saturated heterocycles. The average molecular weight is 271 g/mol. The number of fused-ring (bicyclic) bond motifs is 1. The lowest BCUT2D eigenvalue weighted by atomic mass is 10.0. The molecule has 0 fully saturated rings. The second kappa shape index (κ2) is 5.07. The topological polar surface area (TPSA) is 57.0 Å². The van der Waals surface area contributed by atoms with Crippen LogP contribution in [0.1, 0.15) is 41.6 Å². The molecular weight excluding hydrogens is 254 g/mol. The zero-order chi connectivity index (χ0) is 14.1. The molecule has 1 aliphatic rings. The van der Waals surface area contributed by atoms with Crippen molar-refractivity contribution in [2.45, 2.75) is 32.7 Å². The molecule has 2 heterocycles. The Morgan fingerprint density at radius 3 is 3.10 bits per heavy atom. The van der Waals surface area contributed by atoms with Gasteiger partial charge in [0.25, 0.3) is 0 Å². The summed E-state index contributed by atoms with van der Waals surface area (Å²) in [6.07, 6.45) is 2.65. The third kappa shape index (κ3) is 2.31. The molecule has 0 N–H and O–H groups in total. The molecule has 1 aromatic carbocycles. The van der Waals surface area contributed by atoms with Gasteiger partial charge in [0, 0.05) is 18.0 Å². The summed E-state index contributed by atoms with van der Waals surface area (Å²) in [7, 11) is 0. The van der Waals surface area contributed by atoms with Crippen molar-refractivity contribution in [3.8, 4) is 5.75 Å². The molecule has 0 atom stereocenters. The van der Waals surface area contributed by atoms with Gasteiger partial charge in [-0.1, -0.05) is 0 Å². The summed E-state index contributed by atoms with van der Waals surface area (Å²) in [5.74, 6) is 1.67. The molecule has 0 unspecified atom stereocenters. The van der Waals surface area contributed by atoms with Gasteiger partial charge >= 0.3 is 0 Å². The van der Waals surface area contributed by atoms with Crippen molar-refractivity contribution in [3.63, 3.8) is 0 Å². The predicted octanol–water partition coefficient (Wildman–Crippen LogP) is 2.22. The Kier molecular flexibility index (Phi) is 3.26. The van der Waals surface area contributed by atoms with E-state index in [0.29, 0.717) is 18.0 Å². The number of hydrogen-bond acceptors (Lipinski definition) is 4. The van der Waals surface area contributed by atoms with Gasteiger partial charge in [-0.05, 0) is 37.6 Å². The molecule has 5 heteroatoms. The van der Waals surface area contributed by atoms with Gasteiger partial charge in [0.1, 0.15) is 17.9 Å². The first-order valence-electron chi connectivity index (χ1n) is 6.82. The van der Waals surface area contributed by atoms with Gasteiger partial charge in [-0.2, -0.15) is 5.10 Å². The lowest BCUT2D eigenvalue weighted by Crippen LogP contribution is -2.13. The van der Waals surface area contributed by atoms with E-state index in [1.807, 2.05) is 32.0 Å². The Hall–Kier alpha value is -2.17. The van der Waals surface area contributed by atoms with Gasteiger partial charge in [0.2, 0.25) is 0 Å². The number of nitrogens with zero attached hydrogens (tertiary/aromatic N) is 3. The molecule has 0 bridgehead atoms. The molecule has 0 radical (unpaired) electrons. The molecular formula is C15H17N3O2. The zero-order valence-corrected chi connectivity index (χ0v) is 11.7. The standard InChI is InChI=1S/C15H17N3O2/c1-10(2)18-15(16-9-17-18)8-13(19)11-3-4-14-12(7-11)5-6-20-14/h3-4,7,9-10H,5-6,8H2,1-2H3. The Morgan fingerprint density at radius 1 is 1.45 bits per heavy atom. The lowest BCUT2D eigenvalue weighted by Gasteiger charge is -2.09. The maximum absolute atomic E-state index is 12.4. The van der Waals surface area contributed by atoms with E-state index in [0.717, 1.165) is 17.7 Å². The first-order valence-corrected chi connectivity index (χ1v) is 6.82. The van der Waals surface area contributed by atoms with Crippen LogP contribution in [0.15, 0.2) is 24.5 Å². The number of carbonyl (C=O) groups is 1. The van der Waals surface area contributed by atoms with Gasteiger partial charge < -0.3 is 4.74 Å². The third-order valence-corrected chi connectivity index (χ3v) is 3.47. The van der Waals surface area contributed by atoms with E-state index < -0.39 is 0 Å². The minimum absolute atomic E-state index is 0.0644. The molecule has 0 spiro atoms. The number of rotatable bonds is 4. The number of ketones is 1. The average Bonchev–Trinajstić information content (AvgIpc) is 3.05. The molecule has 0 amide bonds. The van der Waals surface area contributed by atoms with E-state index in [-0.39, 0.29) is 18.2 Å². The Bertz CT molecular complexity index is 646. The number of carbonyl (C=O) groups excluding carboxylic acids is 1. The van der Waals surface area contributed by atoms with Crippen LogP contribution in [0.4, 0.5) is 0 Å². The van der Waals surface area contributed by atoms with Gasteiger partial charge in [-0.25, -0.2) is 9.67 Å². The fourth-order valence-corrected chi connectivity index (χ4v) is 2.44. The van der Waals surface area contributed by atoms with Gasteiger partial charge in [-0.15, -0.1) is 0 Å². The molecule has 1 aromatic heterocycles. The molecule has 20 heavy (non-hydrogen) atoms. The molecule has 5 nitrogen and oxygen atoms in total. The van der Waals surface area contributed by atoms with Gasteiger partial charge in [0.15, 0.2) is 5.78 Å². The molecule has 3 rings (SSSR count). The first-order chi connectivity index (χ1) is 9.65. The summed E-state index contributed by atoms with van der Waals surface area (Å²) in [6.45, 7) is 4.75. The summed E-state index contributed by atoms with van der Waals surface area (Å²) < 4.78 is 7.24. The van der Waals surface area contributed by atoms with Crippen LogP contribution in [0.5, 0.6) is 5.75 Å². The zero-order valence-electron chi connectivity index (χ0n) is 11.7. The smallest absolute Gasteiger partial charge is 0.170 e. The fourth-order valence-electron chi connectivity index (χ4n) is 2.44. The van der Waals surface area contributed by atoms with Crippen LogP contribution in [0.3, 0.4) is 0 Å². The van der Waals surface area contributed by atoms with Gasteiger partial charge in [0.05, 0.1) is 13.0 Å². The second-order valence-electron chi connectivity index (χ2n) is 5.24. The van der Waals surface area contributed by atoms with Crippen LogP contribution in [-0.2, 0) is 12.8 Å². The molecule has 0 aliphatic carbocycles. The van der Waals surface area contributed by atoms with E-state index in [1.165, 1.54) is 6.33 Å². The molecule has 0 saturated carbocycles. The summed E-state index contributed by atoms with van der Waals surface area (Å²) in [6, 6.07) is 5.83. The van der Waals surface area contributed by atoms with Crippen molar-refractivity contribution < 1.29 is 9.53 Å². The normalized spacial score (nSPS) is 13.3. The van der Waals surface area contributed by atoms with Crippen LogP contribution in [0.25, 0.3) is 0 Å². The van der Waals surface area contributed by atoms with E-state index in [2.05, 4.69) is 10.1 Å². The number of aromatic nitrogens is 3. The van der Waals surface area contributed by atoms with Crippen molar-refractivity contribution in [1.29, 1.82) is 0 Å². The van der Waals surface area contributed by atoms with Crippen molar-refractivity contribution in [1.82, 2.24) is 14.8 Å². The van der Waals surface area contributed by atoms with E-state index in [1.54, 1.807) is 4.68 Å². The van der Waals surface area contributed by atoms with E-state index >= 15 is 0 Å². The van der Waals surface area contributed by atoms with Crippen molar-refractivity contribution >= 4 is 5.78 Å². The fraction of sp³-hybridized carbons (Fsp3) is 0.400. The maximum atomic E-state index is 12.4. The molecule has 1 aliphatic heterocycles. The number of ether oxygens (including phenoxy) is 1. The number of hydrogen-bond donors (Lipinski definition) is 0. The van der Waals surface area contributed by atoms with Crippen LogP contribution < -0.4 is 4.74 Å². The van der Waals surface area contributed by atoms with Crippen molar-refractivity contribution in [2.24, 2.45) is 0 Å². The summed E-state index contributed by atoms with van der Waals surface area (Å²) >= 11 is 0.